The summed E-state index contributed by atoms with van der Waals surface area (Å²) < 4.78 is 13.9. The SMILES string of the molecule is CCCNc1ncc(Br)c(Sc2cccc(F)c2)n1. The Hall–Kier alpha value is -1.14. The van der Waals surface area contributed by atoms with Gasteiger partial charge in [-0.05, 0) is 40.5 Å². The zero-order chi connectivity index (χ0) is 13.7. The lowest BCUT2D eigenvalue weighted by Gasteiger charge is -2.07. The Bertz CT molecular complexity index is 565. The first kappa shape index (κ1) is 14.3. The summed E-state index contributed by atoms with van der Waals surface area (Å²) in [5, 5.41) is 3.89. The van der Waals surface area contributed by atoms with Crippen molar-refractivity contribution in [1.29, 1.82) is 0 Å². The van der Waals surface area contributed by atoms with E-state index >= 15 is 0 Å². The monoisotopic (exact) mass is 341 g/mol. The van der Waals surface area contributed by atoms with Gasteiger partial charge in [-0.2, -0.15) is 0 Å². The first-order chi connectivity index (χ1) is 9.19. The van der Waals surface area contributed by atoms with Crippen LogP contribution in [0.1, 0.15) is 13.3 Å². The molecule has 100 valence electrons. The van der Waals surface area contributed by atoms with Crippen molar-refractivity contribution < 1.29 is 4.39 Å². The molecule has 0 fully saturated rings. The first-order valence-corrected chi connectivity index (χ1v) is 7.50. The Kier molecular flexibility index (Phi) is 5.15. The molecule has 0 amide bonds. The summed E-state index contributed by atoms with van der Waals surface area (Å²) in [5.41, 5.74) is 0. The second kappa shape index (κ2) is 6.86. The molecule has 0 aliphatic carbocycles. The van der Waals surface area contributed by atoms with Crippen molar-refractivity contribution in [3.63, 3.8) is 0 Å². The summed E-state index contributed by atoms with van der Waals surface area (Å²) in [4.78, 5) is 9.39. The molecule has 1 heterocycles. The lowest BCUT2D eigenvalue weighted by molar-refractivity contribution is 0.624. The van der Waals surface area contributed by atoms with Gasteiger partial charge in [0.25, 0.3) is 0 Å². The molecule has 0 saturated carbocycles. The van der Waals surface area contributed by atoms with Crippen LogP contribution in [0.15, 0.2) is 44.9 Å². The highest BCUT2D eigenvalue weighted by atomic mass is 79.9. The molecule has 6 heteroatoms. The minimum absolute atomic E-state index is 0.250. The molecular formula is C13H13BrFN3S. The van der Waals surface area contributed by atoms with Gasteiger partial charge in [0.2, 0.25) is 5.95 Å². The summed E-state index contributed by atoms with van der Waals surface area (Å²) in [6.07, 6.45) is 2.71. The molecule has 0 aliphatic rings. The van der Waals surface area contributed by atoms with Gasteiger partial charge < -0.3 is 5.32 Å². The van der Waals surface area contributed by atoms with E-state index in [9.17, 15) is 4.39 Å². The Balaban J connectivity index is 2.19. The van der Waals surface area contributed by atoms with E-state index in [2.05, 4.69) is 38.1 Å². The van der Waals surface area contributed by atoms with E-state index < -0.39 is 0 Å². The van der Waals surface area contributed by atoms with Crippen LogP contribution < -0.4 is 5.32 Å². The maximum absolute atomic E-state index is 13.1. The zero-order valence-corrected chi connectivity index (χ0v) is 12.8. The number of hydrogen-bond donors (Lipinski definition) is 1. The molecule has 0 unspecified atom stereocenters. The number of halogens is 2. The van der Waals surface area contributed by atoms with E-state index in [1.807, 2.05) is 6.07 Å². The van der Waals surface area contributed by atoms with E-state index in [0.29, 0.717) is 5.95 Å². The van der Waals surface area contributed by atoms with E-state index in [-0.39, 0.29) is 5.82 Å². The molecule has 0 bridgehead atoms. The molecule has 0 saturated heterocycles. The topological polar surface area (TPSA) is 37.8 Å². The van der Waals surface area contributed by atoms with Crippen LogP contribution in [0.4, 0.5) is 10.3 Å². The standard InChI is InChI=1S/C13H13BrFN3S/c1-2-6-16-13-17-8-11(14)12(18-13)19-10-5-3-4-9(15)7-10/h3-5,7-8H,2,6H2,1H3,(H,16,17,18). The third-order valence-corrected chi connectivity index (χ3v) is 4.09. The van der Waals surface area contributed by atoms with E-state index in [1.165, 1.54) is 23.9 Å². The Labute approximate surface area is 124 Å². The lowest BCUT2D eigenvalue weighted by atomic mass is 10.4. The maximum atomic E-state index is 13.1. The summed E-state index contributed by atoms with van der Waals surface area (Å²) in [7, 11) is 0. The van der Waals surface area contributed by atoms with Crippen LogP contribution >= 0.6 is 27.7 Å². The van der Waals surface area contributed by atoms with Gasteiger partial charge in [-0.25, -0.2) is 14.4 Å². The molecule has 2 aromatic rings. The largest absolute Gasteiger partial charge is 0.354 e. The first-order valence-electron chi connectivity index (χ1n) is 5.89. The third kappa shape index (κ3) is 4.18. The van der Waals surface area contributed by atoms with Crippen molar-refractivity contribution in [2.75, 3.05) is 11.9 Å². The van der Waals surface area contributed by atoms with Gasteiger partial charge in [0.05, 0.1) is 4.47 Å². The minimum atomic E-state index is -0.250. The predicted octanol–water partition coefficient (Wildman–Crippen LogP) is 4.35. The van der Waals surface area contributed by atoms with Gasteiger partial charge in [0.15, 0.2) is 0 Å². The molecular weight excluding hydrogens is 329 g/mol. The fourth-order valence-corrected chi connectivity index (χ4v) is 2.64. The number of aromatic nitrogens is 2. The summed E-state index contributed by atoms with van der Waals surface area (Å²) in [6, 6.07) is 6.44. The molecule has 19 heavy (non-hydrogen) atoms. The number of anilines is 1. The average molecular weight is 342 g/mol. The summed E-state index contributed by atoms with van der Waals surface area (Å²) in [5.74, 6) is 0.337. The van der Waals surface area contributed by atoms with E-state index in [1.54, 1.807) is 12.3 Å². The zero-order valence-electron chi connectivity index (χ0n) is 10.4. The van der Waals surface area contributed by atoms with Gasteiger partial charge in [-0.3, -0.25) is 0 Å². The van der Waals surface area contributed by atoms with Crippen molar-refractivity contribution in [2.24, 2.45) is 0 Å². The van der Waals surface area contributed by atoms with Gasteiger partial charge in [-0.15, -0.1) is 0 Å². The number of nitrogens with zero attached hydrogens (tertiary/aromatic N) is 2. The highest BCUT2D eigenvalue weighted by molar-refractivity contribution is 9.10. The van der Waals surface area contributed by atoms with Crippen molar-refractivity contribution in [2.45, 2.75) is 23.3 Å². The van der Waals surface area contributed by atoms with Crippen LogP contribution in [0.2, 0.25) is 0 Å². The fourth-order valence-electron chi connectivity index (χ4n) is 1.39. The highest BCUT2D eigenvalue weighted by Gasteiger charge is 2.07. The molecule has 0 spiro atoms. The number of rotatable bonds is 5. The molecule has 1 aromatic heterocycles. The van der Waals surface area contributed by atoms with E-state index in [0.717, 1.165) is 27.4 Å². The van der Waals surface area contributed by atoms with Crippen LogP contribution in [0, 0.1) is 5.82 Å². The molecule has 1 aromatic carbocycles. The molecule has 2 rings (SSSR count). The van der Waals surface area contributed by atoms with Crippen molar-refractivity contribution in [3.8, 4) is 0 Å². The van der Waals surface area contributed by atoms with Crippen molar-refractivity contribution >= 4 is 33.6 Å². The third-order valence-electron chi connectivity index (χ3n) is 2.26. The van der Waals surface area contributed by atoms with Crippen LogP contribution in [-0.4, -0.2) is 16.5 Å². The van der Waals surface area contributed by atoms with Gasteiger partial charge in [-0.1, -0.05) is 24.8 Å². The highest BCUT2D eigenvalue weighted by Crippen LogP contribution is 2.32. The smallest absolute Gasteiger partial charge is 0.223 e. The molecule has 3 nitrogen and oxygen atoms in total. The van der Waals surface area contributed by atoms with Crippen molar-refractivity contribution in [1.82, 2.24) is 9.97 Å². The van der Waals surface area contributed by atoms with Crippen molar-refractivity contribution in [3.05, 3.63) is 40.8 Å². The van der Waals surface area contributed by atoms with Crippen LogP contribution in [0.3, 0.4) is 0 Å². The molecule has 0 aliphatic heterocycles. The molecule has 1 N–H and O–H groups in total. The van der Waals surface area contributed by atoms with Crippen LogP contribution in [-0.2, 0) is 0 Å². The Morgan fingerprint density at radius 1 is 1.42 bits per heavy atom. The Morgan fingerprint density at radius 2 is 2.26 bits per heavy atom. The maximum Gasteiger partial charge on any atom is 0.223 e. The normalized spacial score (nSPS) is 10.5. The van der Waals surface area contributed by atoms with Gasteiger partial charge in [0.1, 0.15) is 10.8 Å². The van der Waals surface area contributed by atoms with Gasteiger partial charge in [0, 0.05) is 17.6 Å². The second-order valence-corrected chi connectivity index (χ2v) is 5.75. The van der Waals surface area contributed by atoms with Crippen LogP contribution in [0.5, 0.6) is 0 Å². The lowest BCUT2D eigenvalue weighted by Crippen LogP contribution is -2.04. The number of nitrogens with one attached hydrogen (secondary N) is 1. The fraction of sp³-hybridized carbons (Fsp3) is 0.231. The predicted molar refractivity (Wildman–Crippen MR) is 79.0 cm³/mol. The molecule has 0 radical (unpaired) electrons. The average Bonchev–Trinajstić information content (AvgIpc) is 2.40. The summed E-state index contributed by atoms with van der Waals surface area (Å²) >= 11 is 4.81. The molecule has 0 atom stereocenters. The number of benzene rings is 1. The van der Waals surface area contributed by atoms with Crippen LogP contribution in [0.25, 0.3) is 0 Å². The van der Waals surface area contributed by atoms with E-state index in [4.69, 9.17) is 0 Å². The van der Waals surface area contributed by atoms with Gasteiger partial charge >= 0.3 is 0 Å². The number of hydrogen-bond acceptors (Lipinski definition) is 4. The Morgan fingerprint density at radius 3 is 3.00 bits per heavy atom. The minimum Gasteiger partial charge on any atom is -0.354 e. The summed E-state index contributed by atoms with van der Waals surface area (Å²) in [6.45, 7) is 2.90. The second-order valence-electron chi connectivity index (χ2n) is 3.83. The quantitative estimate of drug-likeness (QED) is 0.820.